The van der Waals surface area contributed by atoms with Gasteiger partial charge in [-0.05, 0) is 31.2 Å². The van der Waals surface area contributed by atoms with Crippen molar-refractivity contribution in [3.63, 3.8) is 0 Å². The number of para-hydroxylation sites is 1. The highest BCUT2D eigenvalue weighted by atomic mass is 16.5. The molecule has 2 heterocycles. The number of aryl methyl sites for hydroxylation is 1. The lowest BCUT2D eigenvalue weighted by Crippen LogP contribution is -1.97. The van der Waals surface area contributed by atoms with Crippen molar-refractivity contribution in [3.05, 3.63) is 72.4 Å². The van der Waals surface area contributed by atoms with Gasteiger partial charge in [0.25, 0.3) is 0 Å². The first-order valence-electron chi connectivity index (χ1n) is 8.24. The van der Waals surface area contributed by atoms with Crippen LogP contribution in [0.15, 0.2) is 66.9 Å². The van der Waals surface area contributed by atoms with Crippen LogP contribution in [0.5, 0.6) is 17.4 Å². The van der Waals surface area contributed by atoms with Gasteiger partial charge in [-0.25, -0.2) is 15.0 Å². The van der Waals surface area contributed by atoms with E-state index in [0.29, 0.717) is 23.1 Å². The van der Waals surface area contributed by atoms with Crippen LogP contribution >= 0.6 is 0 Å². The standard InChI is InChI=1S/C21H17N3O2/c1-14-10-11-19(20-22-13-15-6-3-4-9-18(15)23-20)24-21(14)26-17-8-5-7-16(12-17)25-2/h3-13H,1-2H3. The minimum absolute atomic E-state index is 0.521. The van der Waals surface area contributed by atoms with Gasteiger partial charge in [0.05, 0.1) is 12.6 Å². The first-order chi connectivity index (χ1) is 12.7. The Hall–Kier alpha value is -3.47. The van der Waals surface area contributed by atoms with Gasteiger partial charge in [0.1, 0.15) is 17.2 Å². The molecule has 5 heteroatoms. The van der Waals surface area contributed by atoms with Gasteiger partial charge in [0, 0.05) is 23.2 Å². The predicted octanol–water partition coefficient (Wildman–Crippen LogP) is 4.80. The number of fused-ring (bicyclic) bond motifs is 1. The van der Waals surface area contributed by atoms with E-state index < -0.39 is 0 Å². The van der Waals surface area contributed by atoms with Crippen molar-refractivity contribution in [2.24, 2.45) is 0 Å². The molecule has 0 amide bonds. The number of ether oxygens (including phenoxy) is 2. The smallest absolute Gasteiger partial charge is 0.222 e. The SMILES string of the molecule is COc1cccc(Oc2nc(-c3ncc4ccccc4n3)ccc2C)c1. The Morgan fingerprint density at radius 3 is 2.58 bits per heavy atom. The van der Waals surface area contributed by atoms with E-state index in [1.165, 1.54) is 0 Å². The van der Waals surface area contributed by atoms with E-state index in [1.807, 2.05) is 73.8 Å². The van der Waals surface area contributed by atoms with Gasteiger partial charge in [0.15, 0.2) is 5.82 Å². The number of nitrogens with zero attached hydrogens (tertiary/aromatic N) is 3. The predicted molar refractivity (Wildman–Crippen MR) is 101 cm³/mol. The van der Waals surface area contributed by atoms with Crippen LogP contribution in [0.3, 0.4) is 0 Å². The van der Waals surface area contributed by atoms with Gasteiger partial charge < -0.3 is 9.47 Å². The van der Waals surface area contributed by atoms with Crippen LogP contribution in [0, 0.1) is 6.92 Å². The minimum Gasteiger partial charge on any atom is -0.497 e. The Labute approximate surface area is 151 Å². The normalized spacial score (nSPS) is 10.7. The number of hydrogen-bond donors (Lipinski definition) is 0. The third-order valence-corrected chi connectivity index (χ3v) is 4.02. The second kappa shape index (κ2) is 6.80. The van der Waals surface area contributed by atoms with Crippen LogP contribution in [0.4, 0.5) is 0 Å². The summed E-state index contributed by atoms with van der Waals surface area (Å²) in [7, 11) is 1.63. The van der Waals surface area contributed by atoms with E-state index in [0.717, 1.165) is 22.2 Å². The Bertz CT molecular complexity index is 1080. The van der Waals surface area contributed by atoms with Crippen molar-refractivity contribution in [2.75, 3.05) is 7.11 Å². The number of benzene rings is 2. The van der Waals surface area contributed by atoms with E-state index in [2.05, 4.69) is 15.0 Å². The average Bonchev–Trinajstić information content (AvgIpc) is 2.69. The summed E-state index contributed by atoms with van der Waals surface area (Å²) in [6.45, 7) is 1.95. The first kappa shape index (κ1) is 16.0. The summed E-state index contributed by atoms with van der Waals surface area (Å²) in [6, 6.07) is 19.2. The molecule has 0 aliphatic rings. The Balaban J connectivity index is 1.70. The van der Waals surface area contributed by atoms with Gasteiger partial charge in [-0.3, -0.25) is 0 Å². The topological polar surface area (TPSA) is 57.1 Å². The van der Waals surface area contributed by atoms with Crippen LogP contribution < -0.4 is 9.47 Å². The fraction of sp³-hybridized carbons (Fsp3) is 0.0952. The summed E-state index contributed by atoms with van der Waals surface area (Å²) in [5.41, 5.74) is 2.48. The van der Waals surface area contributed by atoms with Crippen LogP contribution in [0.1, 0.15) is 5.56 Å². The quantitative estimate of drug-likeness (QED) is 0.533. The molecule has 2 aromatic carbocycles. The molecule has 0 spiro atoms. The molecule has 0 aliphatic heterocycles. The molecule has 5 nitrogen and oxygen atoms in total. The molecule has 4 rings (SSSR count). The summed E-state index contributed by atoms with van der Waals surface area (Å²) in [4.78, 5) is 13.6. The lowest BCUT2D eigenvalue weighted by Gasteiger charge is -2.10. The van der Waals surface area contributed by atoms with E-state index in [1.54, 1.807) is 7.11 Å². The minimum atomic E-state index is 0.521. The number of rotatable bonds is 4. The van der Waals surface area contributed by atoms with Gasteiger partial charge in [-0.1, -0.05) is 30.3 Å². The van der Waals surface area contributed by atoms with E-state index in [4.69, 9.17) is 9.47 Å². The third kappa shape index (κ3) is 3.19. The maximum absolute atomic E-state index is 5.95. The highest BCUT2D eigenvalue weighted by Gasteiger charge is 2.10. The first-order valence-corrected chi connectivity index (χ1v) is 8.24. The average molecular weight is 343 g/mol. The molecule has 128 valence electrons. The highest BCUT2D eigenvalue weighted by Crippen LogP contribution is 2.28. The Morgan fingerprint density at radius 1 is 0.846 bits per heavy atom. The van der Waals surface area contributed by atoms with E-state index in [-0.39, 0.29) is 0 Å². The van der Waals surface area contributed by atoms with Crippen molar-refractivity contribution < 1.29 is 9.47 Å². The highest BCUT2D eigenvalue weighted by molar-refractivity contribution is 5.79. The molecule has 0 saturated heterocycles. The second-order valence-corrected chi connectivity index (χ2v) is 5.85. The summed E-state index contributed by atoms with van der Waals surface area (Å²) < 4.78 is 11.2. The molecule has 2 aromatic heterocycles. The van der Waals surface area contributed by atoms with Crippen molar-refractivity contribution in [2.45, 2.75) is 6.92 Å². The van der Waals surface area contributed by atoms with Crippen molar-refractivity contribution in [1.29, 1.82) is 0 Å². The number of pyridine rings is 1. The van der Waals surface area contributed by atoms with E-state index in [9.17, 15) is 0 Å². The Kier molecular flexibility index (Phi) is 4.19. The molecule has 0 N–H and O–H groups in total. The monoisotopic (exact) mass is 343 g/mol. The van der Waals surface area contributed by atoms with Crippen LogP contribution in [0.2, 0.25) is 0 Å². The molecule has 0 fully saturated rings. The van der Waals surface area contributed by atoms with Gasteiger partial charge in [-0.2, -0.15) is 0 Å². The lowest BCUT2D eigenvalue weighted by atomic mass is 10.2. The maximum Gasteiger partial charge on any atom is 0.222 e. The molecular weight excluding hydrogens is 326 g/mol. The van der Waals surface area contributed by atoms with Gasteiger partial charge in [-0.15, -0.1) is 0 Å². The van der Waals surface area contributed by atoms with Crippen molar-refractivity contribution >= 4 is 10.9 Å². The lowest BCUT2D eigenvalue weighted by molar-refractivity contribution is 0.407. The van der Waals surface area contributed by atoms with Crippen LogP contribution in [0.25, 0.3) is 22.4 Å². The second-order valence-electron chi connectivity index (χ2n) is 5.85. The summed E-state index contributed by atoms with van der Waals surface area (Å²) in [5.74, 6) is 2.48. The molecule has 26 heavy (non-hydrogen) atoms. The molecule has 0 atom stereocenters. The Morgan fingerprint density at radius 2 is 1.69 bits per heavy atom. The summed E-state index contributed by atoms with van der Waals surface area (Å²) in [6.07, 6.45) is 1.81. The fourth-order valence-electron chi connectivity index (χ4n) is 2.61. The van der Waals surface area contributed by atoms with Gasteiger partial charge in [0.2, 0.25) is 5.88 Å². The number of hydrogen-bond acceptors (Lipinski definition) is 5. The summed E-state index contributed by atoms with van der Waals surface area (Å²) in [5, 5.41) is 0.996. The zero-order chi connectivity index (χ0) is 17.9. The maximum atomic E-state index is 5.95. The van der Waals surface area contributed by atoms with Crippen molar-refractivity contribution in [3.8, 4) is 28.9 Å². The zero-order valence-electron chi connectivity index (χ0n) is 14.5. The fourth-order valence-corrected chi connectivity index (χ4v) is 2.61. The molecule has 0 radical (unpaired) electrons. The molecule has 0 aliphatic carbocycles. The molecule has 0 saturated carbocycles. The van der Waals surface area contributed by atoms with E-state index >= 15 is 0 Å². The van der Waals surface area contributed by atoms with Gasteiger partial charge >= 0.3 is 0 Å². The summed E-state index contributed by atoms with van der Waals surface area (Å²) >= 11 is 0. The molecular formula is C21H17N3O2. The number of aromatic nitrogens is 3. The van der Waals surface area contributed by atoms with Crippen LogP contribution in [-0.2, 0) is 0 Å². The van der Waals surface area contributed by atoms with Crippen molar-refractivity contribution in [1.82, 2.24) is 15.0 Å². The molecule has 4 aromatic rings. The zero-order valence-corrected chi connectivity index (χ0v) is 14.5. The molecule has 0 bridgehead atoms. The van der Waals surface area contributed by atoms with Crippen LogP contribution in [-0.4, -0.2) is 22.1 Å². The number of methoxy groups -OCH3 is 1. The third-order valence-electron chi connectivity index (χ3n) is 4.02. The molecule has 0 unspecified atom stereocenters. The largest absolute Gasteiger partial charge is 0.497 e.